The van der Waals surface area contributed by atoms with Gasteiger partial charge in [-0.15, -0.1) is 0 Å². The zero-order valence-corrected chi connectivity index (χ0v) is 10.5. The summed E-state index contributed by atoms with van der Waals surface area (Å²) in [5, 5.41) is 11.8. The number of carboxylic acid groups (broad SMARTS) is 1. The molecule has 1 aliphatic rings. The van der Waals surface area contributed by atoms with E-state index in [1.807, 2.05) is 30.3 Å². The van der Waals surface area contributed by atoms with Crippen molar-refractivity contribution in [2.45, 2.75) is 18.9 Å². The Morgan fingerprint density at radius 3 is 2.68 bits per heavy atom. The van der Waals surface area contributed by atoms with Crippen molar-refractivity contribution in [1.29, 1.82) is 0 Å². The third-order valence-electron chi connectivity index (χ3n) is 3.20. The van der Waals surface area contributed by atoms with E-state index in [4.69, 9.17) is 4.74 Å². The van der Waals surface area contributed by atoms with Gasteiger partial charge in [0.15, 0.2) is 0 Å². The second-order valence-corrected chi connectivity index (χ2v) is 4.65. The van der Waals surface area contributed by atoms with Crippen LogP contribution in [0.15, 0.2) is 30.3 Å². The predicted molar refractivity (Wildman–Crippen MR) is 68.6 cm³/mol. The maximum Gasteiger partial charge on any atom is 0.326 e. The Balaban J connectivity index is 1.96. The van der Waals surface area contributed by atoms with Gasteiger partial charge in [0.05, 0.1) is 12.5 Å². The maximum absolute atomic E-state index is 11.9. The monoisotopic (exact) mass is 263 g/mol. The van der Waals surface area contributed by atoms with E-state index in [1.165, 1.54) is 0 Å². The Labute approximate surface area is 111 Å². The molecule has 2 N–H and O–H groups in total. The van der Waals surface area contributed by atoms with Crippen molar-refractivity contribution in [2.24, 2.45) is 5.92 Å². The lowest BCUT2D eigenvalue weighted by Gasteiger charge is -2.16. The van der Waals surface area contributed by atoms with Gasteiger partial charge in [-0.05, 0) is 12.0 Å². The van der Waals surface area contributed by atoms with E-state index < -0.39 is 12.0 Å². The summed E-state index contributed by atoms with van der Waals surface area (Å²) in [6.07, 6.45) is 0.943. The number of benzene rings is 1. The summed E-state index contributed by atoms with van der Waals surface area (Å²) < 4.78 is 5.13. The average Bonchev–Trinajstić information content (AvgIpc) is 2.93. The summed E-state index contributed by atoms with van der Waals surface area (Å²) in [6.45, 7) is 0.942. The molecule has 0 aliphatic carbocycles. The largest absolute Gasteiger partial charge is 0.480 e. The lowest BCUT2D eigenvalue weighted by molar-refractivity contribution is -0.142. The molecule has 0 radical (unpaired) electrons. The van der Waals surface area contributed by atoms with Gasteiger partial charge in [0.2, 0.25) is 5.91 Å². The van der Waals surface area contributed by atoms with Crippen molar-refractivity contribution in [3.8, 4) is 0 Å². The van der Waals surface area contributed by atoms with E-state index in [1.54, 1.807) is 0 Å². The number of ether oxygens (including phenoxy) is 1. The lowest BCUT2D eigenvalue weighted by atomic mass is 10.0. The predicted octanol–water partition coefficient (Wildman–Crippen LogP) is 0.835. The highest BCUT2D eigenvalue weighted by Gasteiger charge is 2.28. The number of hydrogen-bond donors (Lipinski definition) is 2. The fourth-order valence-electron chi connectivity index (χ4n) is 2.08. The molecule has 1 aromatic carbocycles. The van der Waals surface area contributed by atoms with E-state index in [2.05, 4.69) is 5.32 Å². The molecule has 2 rings (SSSR count). The van der Waals surface area contributed by atoms with Crippen LogP contribution in [0.1, 0.15) is 12.0 Å². The van der Waals surface area contributed by atoms with Crippen LogP contribution in [0.25, 0.3) is 0 Å². The highest BCUT2D eigenvalue weighted by atomic mass is 16.5. The summed E-state index contributed by atoms with van der Waals surface area (Å²) in [5.74, 6) is -1.48. The van der Waals surface area contributed by atoms with E-state index in [0.717, 1.165) is 5.56 Å². The molecule has 1 aliphatic heterocycles. The zero-order chi connectivity index (χ0) is 13.7. The molecule has 0 aromatic heterocycles. The highest BCUT2D eigenvalue weighted by molar-refractivity contribution is 5.85. The van der Waals surface area contributed by atoms with E-state index in [9.17, 15) is 14.7 Å². The van der Waals surface area contributed by atoms with Gasteiger partial charge in [-0.3, -0.25) is 4.79 Å². The van der Waals surface area contributed by atoms with Gasteiger partial charge in [-0.25, -0.2) is 4.79 Å². The Bertz CT molecular complexity index is 440. The number of carboxylic acids is 1. The van der Waals surface area contributed by atoms with Crippen LogP contribution in [0.4, 0.5) is 0 Å². The first-order valence-electron chi connectivity index (χ1n) is 6.31. The number of carbonyl (C=O) groups is 2. The molecule has 1 amide bonds. The van der Waals surface area contributed by atoms with Crippen molar-refractivity contribution >= 4 is 11.9 Å². The third kappa shape index (κ3) is 3.79. The zero-order valence-electron chi connectivity index (χ0n) is 10.5. The van der Waals surface area contributed by atoms with Gasteiger partial charge in [-0.2, -0.15) is 0 Å². The fraction of sp³-hybridized carbons (Fsp3) is 0.429. The van der Waals surface area contributed by atoms with Crippen molar-refractivity contribution < 1.29 is 19.4 Å². The van der Waals surface area contributed by atoms with Gasteiger partial charge in [0.25, 0.3) is 0 Å². The van der Waals surface area contributed by atoms with Crippen molar-refractivity contribution in [3.05, 3.63) is 35.9 Å². The van der Waals surface area contributed by atoms with Gasteiger partial charge < -0.3 is 15.2 Å². The van der Waals surface area contributed by atoms with Gasteiger partial charge in [0.1, 0.15) is 6.04 Å². The molecular weight excluding hydrogens is 246 g/mol. The number of amides is 1. The van der Waals surface area contributed by atoms with Crippen molar-refractivity contribution in [3.63, 3.8) is 0 Å². The van der Waals surface area contributed by atoms with E-state index >= 15 is 0 Å². The number of rotatable bonds is 5. The molecule has 0 spiro atoms. The Morgan fingerprint density at radius 2 is 2.11 bits per heavy atom. The van der Waals surface area contributed by atoms with Crippen LogP contribution in [0.5, 0.6) is 0 Å². The van der Waals surface area contributed by atoms with Crippen molar-refractivity contribution in [2.75, 3.05) is 13.2 Å². The van der Waals surface area contributed by atoms with Gasteiger partial charge in [0, 0.05) is 13.0 Å². The minimum Gasteiger partial charge on any atom is -0.480 e. The smallest absolute Gasteiger partial charge is 0.326 e. The Kier molecular flexibility index (Phi) is 4.52. The summed E-state index contributed by atoms with van der Waals surface area (Å²) in [5.41, 5.74) is 0.887. The molecule has 1 saturated heterocycles. The van der Waals surface area contributed by atoms with Crippen molar-refractivity contribution in [1.82, 2.24) is 5.32 Å². The molecule has 1 aromatic rings. The Hall–Kier alpha value is -1.88. The normalized spacial score (nSPS) is 19.9. The van der Waals surface area contributed by atoms with E-state index in [0.29, 0.717) is 19.6 Å². The van der Waals surface area contributed by atoms with Crippen LogP contribution in [0, 0.1) is 5.92 Å². The molecule has 5 nitrogen and oxygen atoms in total. The summed E-state index contributed by atoms with van der Waals surface area (Å²) in [4.78, 5) is 23.1. The van der Waals surface area contributed by atoms with E-state index in [-0.39, 0.29) is 18.2 Å². The minimum absolute atomic E-state index is 0.224. The molecule has 5 heteroatoms. The standard InChI is InChI=1S/C14H17NO4/c16-13(11-6-7-19-9-11)15-12(14(17)18)8-10-4-2-1-3-5-10/h1-5,11-12H,6-9H2,(H,15,16)(H,17,18). The molecule has 0 bridgehead atoms. The molecule has 0 saturated carbocycles. The molecule has 19 heavy (non-hydrogen) atoms. The number of nitrogens with one attached hydrogen (secondary N) is 1. The molecular formula is C14H17NO4. The molecule has 1 heterocycles. The third-order valence-corrected chi connectivity index (χ3v) is 3.20. The first-order valence-corrected chi connectivity index (χ1v) is 6.31. The average molecular weight is 263 g/mol. The topological polar surface area (TPSA) is 75.6 Å². The second-order valence-electron chi connectivity index (χ2n) is 4.65. The SMILES string of the molecule is O=C(NC(Cc1ccccc1)C(=O)O)C1CCOC1. The van der Waals surface area contributed by atoms with Crippen LogP contribution in [0.2, 0.25) is 0 Å². The van der Waals surface area contributed by atoms with Gasteiger partial charge >= 0.3 is 5.97 Å². The van der Waals surface area contributed by atoms with Crippen LogP contribution in [-0.4, -0.2) is 36.2 Å². The van der Waals surface area contributed by atoms with Crippen LogP contribution in [-0.2, 0) is 20.7 Å². The molecule has 1 fully saturated rings. The summed E-state index contributed by atoms with van der Waals surface area (Å²) in [7, 11) is 0. The Morgan fingerprint density at radius 1 is 1.37 bits per heavy atom. The lowest BCUT2D eigenvalue weighted by Crippen LogP contribution is -2.45. The number of aliphatic carboxylic acids is 1. The highest BCUT2D eigenvalue weighted by Crippen LogP contribution is 2.13. The van der Waals surface area contributed by atoms with Crippen LogP contribution >= 0.6 is 0 Å². The van der Waals surface area contributed by atoms with Gasteiger partial charge in [-0.1, -0.05) is 30.3 Å². The summed E-state index contributed by atoms with van der Waals surface area (Å²) >= 11 is 0. The van der Waals surface area contributed by atoms with Crippen LogP contribution < -0.4 is 5.32 Å². The number of hydrogen-bond acceptors (Lipinski definition) is 3. The second kappa shape index (κ2) is 6.33. The first-order chi connectivity index (χ1) is 9.16. The molecule has 102 valence electrons. The summed E-state index contributed by atoms with van der Waals surface area (Å²) in [6, 6.07) is 8.37. The minimum atomic E-state index is -1.02. The maximum atomic E-state index is 11.9. The fourth-order valence-corrected chi connectivity index (χ4v) is 2.08. The quantitative estimate of drug-likeness (QED) is 0.825. The molecule has 2 atom stereocenters. The number of carbonyl (C=O) groups excluding carboxylic acids is 1. The van der Waals surface area contributed by atoms with Crippen LogP contribution in [0.3, 0.4) is 0 Å². The molecule has 2 unspecified atom stereocenters. The first kappa shape index (κ1) is 13.5.